The van der Waals surface area contributed by atoms with Gasteiger partial charge in [-0.2, -0.15) is 0 Å². The highest BCUT2D eigenvalue weighted by Crippen LogP contribution is 2.30. The summed E-state index contributed by atoms with van der Waals surface area (Å²) in [5.74, 6) is 2.01. The van der Waals surface area contributed by atoms with Crippen LogP contribution in [-0.2, 0) is 11.3 Å². The van der Waals surface area contributed by atoms with Crippen LogP contribution in [0.1, 0.15) is 42.1 Å². The van der Waals surface area contributed by atoms with Gasteiger partial charge in [0.15, 0.2) is 11.5 Å². The van der Waals surface area contributed by atoms with Crippen LogP contribution in [0.15, 0.2) is 42.7 Å². The molecule has 2 aliphatic heterocycles. The molecule has 178 valence electrons. The molecule has 4 rings (SSSR count). The predicted octanol–water partition coefficient (Wildman–Crippen LogP) is 3.63. The summed E-state index contributed by atoms with van der Waals surface area (Å²) in [4.78, 5) is 21.7. The molecule has 0 bridgehead atoms. The Bertz CT molecular complexity index is 878. The van der Waals surface area contributed by atoms with E-state index >= 15 is 0 Å². The van der Waals surface area contributed by atoms with Crippen molar-refractivity contribution in [2.45, 2.75) is 32.8 Å². The van der Waals surface area contributed by atoms with Crippen molar-refractivity contribution < 1.29 is 19.0 Å². The van der Waals surface area contributed by atoms with Gasteiger partial charge in [-0.1, -0.05) is 6.07 Å². The third-order valence-electron chi connectivity index (χ3n) is 6.47. The molecule has 1 amide bonds. The Morgan fingerprint density at radius 2 is 1.91 bits per heavy atom. The molecule has 0 spiro atoms. The van der Waals surface area contributed by atoms with Crippen molar-refractivity contribution in [2.24, 2.45) is 5.92 Å². The molecule has 0 saturated carbocycles. The van der Waals surface area contributed by atoms with Crippen molar-refractivity contribution in [3.63, 3.8) is 0 Å². The number of amides is 1. The highest BCUT2D eigenvalue weighted by Gasteiger charge is 2.25. The van der Waals surface area contributed by atoms with E-state index < -0.39 is 0 Å². The largest absolute Gasteiger partial charge is 0.490 e. The average molecular weight is 454 g/mol. The van der Waals surface area contributed by atoms with E-state index in [-0.39, 0.29) is 5.91 Å². The first kappa shape index (κ1) is 23.5. The molecule has 1 aromatic carbocycles. The Morgan fingerprint density at radius 1 is 1.09 bits per heavy atom. The molecule has 0 N–H and O–H groups in total. The van der Waals surface area contributed by atoms with Gasteiger partial charge in [0.25, 0.3) is 5.91 Å². The summed E-state index contributed by atoms with van der Waals surface area (Å²) in [6.45, 7) is 9.40. The lowest BCUT2D eigenvalue weighted by atomic mass is 9.93. The molecule has 1 aromatic heterocycles. The zero-order chi connectivity index (χ0) is 22.9. The van der Waals surface area contributed by atoms with Crippen molar-refractivity contribution in [3.05, 3.63) is 53.9 Å². The van der Waals surface area contributed by atoms with E-state index in [1.54, 1.807) is 12.4 Å². The molecular weight excluding hydrogens is 418 g/mol. The quantitative estimate of drug-likeness (QED) is 0.578. The van der Waals surface area contributed by atoms with E-state index in [1.165, 1.54) is 6.42 Å². The fourth-order valence-electron chi connectivity index (χ4n) is 4.47. The van der Waals surface area contributed by atoms with E-state index in [9.17, 15) is 4.79 Å². The van der Waals surface area contributed by atoms with Gasteiger partial charge in [-0.15, -0.1) is 0 Å². The Kier molecular flexibility index (Phi) is 8.55. The molecule has 7 heteroatoms. The fourth-order valence-corrected chi connectivity index (χ4v) is 4.47. The molecule has 7 nitrogen and oxygen atoms in total. The minimum atomic E-state index is 0.0707. The number of likely N-dealkylation sites (tertiary alicyclic amines) is 1. The monoisotopic (exact) mass is 453 g/mol. The molecule has 0 unspecified atom stereocenters. The maximum Gasteiger partial charge on any atom is 0.253 e. The zero-order valence-electron chi connectivity index (χ0n) is 19.6. The summed E-state index contributed by atoms with van der Waals surface area (Å²) >= 11 is 0. The number of hydrogen-bond acceptors (Lipinski definition) is 6. The standard InChI is InChI=1S/C26H35N3O4/c1-2-32-25-18-23(5-6-24(25)33-20-22-4-3-10-27-19-22)26(30)29-12-8-21(9-13-29)7-11-28-14-16-31-17-15-28/h3-6,10,18-19,21H,2,7-9,11-17,20H2,1H3. The predicted molar refractivity (Wildman–Crippen MR) is 127 cm³/mol. The number of carbonyl (C=O) groups excluding carboxylic acids is 1. The van der Waals surface area contributed by atoms with Crippen LogP contribution in [0.5, 0.6) is 11.5 Å². The van der Waals surface area contributed by atoms with Crippen LogP contribution in [0.4, 0.5) is 0 Å². The Morgan fingerprint density at radius 3 is 2.64 bits per heavy atom. The molecule has 33 heavy (non-hydrogen) atoms. The molecule has 2 saturated heterocycles. The van der Waals surface area contributed by atoms with Crippen molar-refractivity contribution in [2.75, 3.05) is 52.5 Å². The van der Waals surface area contributed by atoms with E-state index in [0.29, 0.717) is 36.2 Å². The number of morpholine rings is 1. The van der Waals surface area contributed by atoms with Crippen LogP contribution in [-0.4, -0.2) is 73.2 Å². The van der Waals surface area contributed by atoms with Gasteiger partial charge in [0, 0.05) is 49.7 Å². The lowest BCUT2D eigenvalue weighted by Gasteiger charge is -2.34. The number of rotatable bonds is 9. The summed E-state index contributed by atoms with van der Waals surface area (Å²) < 4.78 is 17.2. The molecule has 3 heterocycles. The number of nitrogens with zero attached hydrogens (tertiary/aromatic N) is 3. The van der Waals surface area contributed by atoms with Crippen LogP contribution in [0.25, 0.3) is 0 Å². The van der Waals surface area contributed by atoms with Gasteiger partial charge in [0.2, 0.25) is 0 Å². The van der Waals surface area contributed by atoms with Gasteiger partial charge in [-0.25, -0.2) is 0 Å². The van der Waals surface area contributed by atoms with Crippen molar-refractivity contribution in [1.29, 1.82) is 0 Å². The number of ether oxygens (including phenoxy) is 3. The smallest absolute Gasteiger partial charge is 0.253 e. The fraction of sp³-hybridized carbons (Fsp3) is 0.538. The van der Waals surface area contributed by atoms with Gasteiger partial charge in [-0.05, 0) is 62.9 Å². The van der Waals surface area contributed by atoms with Crippen LogP contribution < -0.4 is 9.47 Å². The summed E-state index contributed by atoms with van der Waals surface area (Å²) in [6, 6.07) is 9.35. The number of benzene rings is 1. The lowest BCUT2D eigenvalue weighted by Crippen LogP contribution is -2.40. The topological polar surface area (TPSA) is 64.1 Å². The van der Waals surface area contributed by atoms with Gasteiger partial charge < -0.3 is 19.1 Å². The van der Waals surface area contributed by atoms with Crippen molar-refractivity contribution in [3.8, 4) is 11.5 Å². The van der Waals surface area contributed by atoms with Gasteiger partial charge >= 0.3 is 0 Å². The van der Waals surface area contributed by atoms with E-state index in [2.05, 4.69) is 9.88 Å². The van der Waals surface area contributed by atoms with Gasteiger partial charge in [0.05, 0.1) is 19.8 Å². The van der Waals surface area contributed by atoms with Crippen molar-refractivity contribution in [1.82, 2.24) is 14.8 Å². The van der Waals surface area contributed by atoms with Crippen LogP contribution >= 0.6 is 0 Å². The minimum absolute atomic E-state index is 0.0707. The van der Waals surface area contributed by atoms with E-state index in [4.69, 9.17) is 14.2 Å². The number of hydrogen-bond donors (Lipinski definition) is 0. The number of piperidine rings is 1. The molecule has 0 aliphatic carbocycles. The summed E-state index contributed by atoms with van der Waals surface area (Å²) in [5, 5.41) is 0. The summed E-state index contributed by atoms with van der Waals surface area (Å²) in [5.41, 5.74) is 1.63. The second-order valence-corrected chi connectivity index (χ2v) is 8.72. The Hall–Kier alpha value is -2.64. The normalized spacial score (nSPS) is 17.7. The van der Waals surface area contributed by atoms with E-state index in [1.807, 2.05) is 42.2 Å². The maximum absolute atomic E-state index is 13.2. The first-order valence-electron chi connectivity index (χ1n) is 12.1. The van der Waals surface area contributed by atoms with Crippen molar-refractivity contribution >= 4 is 5.91 Å². The minimum Gasteiger partial charge on any atom is -0.490 e. The first-order valence-corrected chi connectivity index (χ1v) is 12.1. The molecule has 0 radical (unpaired) electrons. The molecule has 2 aromatic rings. The lowest BCUT2D eigenvalue weighted by molar-refractivity contribution is 0.0332. The second kappa shape index (κ2) is 12.0. The molecule has 2 fully saturated rings. The highest BCUT2D eigenvalue weighted by molar-refractivity contribution is 5.95. The van der Waals surface area contributed by atoms with E-state index in [0.717, 1.165) is 64.3 Å². The SMILES string of the molecule is CCOc1cc(C(=O)N2CCC(CCN3CCOCC3)CC2)ccc1OCc1cccnc1. The summed E-state index contributed by atoms with van der Waals surface area (Å²) in [7, 11) is 0. The zero-order valence-corrected chi connectivity index (χ0v) is 19.6. The Labute approximate surface area is 196 Å². The third kappa shape index (κ3) is 6.68. The first-order chi connectivity index (χ1) is 16.2. The number of carbonyl (C=O) groups is 1. The summed E-state index contributed by atoms with van der Waals surface area (Å²) in [6.07, 6.45) is 6.87. The number of pyridine rings is 1. The Balaban J connectivity index is 1.30. The van der Waals surface area contributed by atoms with Gasteiger partial charge in [-0.3, -0.25) is 14.7 Å². The molecule has 0 atom stereocenters. The van der Waals surface area contributed by atoms with Gasteiger partial charge in [0.1, 0.15) is 6.61 Å². The highest BCUT2D eigenvalue weighted by atomic mass is 16.5. The third-order valence-corrected chi connectivity index (χ3v) is 6.47. The average Bonchev–Trinajstić information content (AvgIpc) is 2.88. The maximum atomic E-state index is 13.2. The van der Waals surface area contributed by atoms with Crippen LogP contribution in [0.3, 0.4) is 0 Å². The second-order valence-electron chi connectivity index (χ2n) is 8.72. The van der Waals surface area contributed by atoms with Crippen LogP contribution in [0.2, 0.25) is 0 Å². The molecule has 2 aliphatic rings. The number of aromatic nitrogens is 1. The van der Waals surface area contributed by atoms with Crippen LogP contribution in [0, 0.1) is 5.92 Å². The molecular formula is C26H35N3O4.